The van der Waals surface area contributed by atoms with E-state index in [-0.39, 0.29) is 32.0 Å². The van der Waals surface area contributed by atoms with Gasteiger partial charge in [-0.3, -0.25) is 19.4 Å². The molecule has 1 saturated heterocycles. The number of aliphatic imine (C=N–C) groups is 1. The number of carbonyl (C=O) groups is 4. The fourth-order valence-electron chi connectivity index (χ4n) is 2.71. The average molecular weight is 385 g/mol. The zero-order chi connectivity index (χ0) is 20.4. The first-order chi connectivity index (χ1) is 12.8. The fraction of sp³-hybridized carbons (Fsp3) is 0.667. The molecule has 2 atom stereocenters. The number of rotatable bonds is 10. The second-order valence-electron chi connectivity index (χ2n) is 6.07. The quantitative estimate of drug-likeness (QED) is 0.127. The van der Waals surface area contributed by atoms with Crippen LogP contribution < -0.4 is 27.8 Å². The average Bonchev–Trinajstić information content (AvgIpc) is 3.11. The molecule has 0 radical (unpaired) electrons. The number of likely N-dealkylation sites (tertiary alicyclic amines) is 1. The van der Waals surface area contributed by atoms with Crippen LogP contribution in [0.1, 0.15) is 25.7 Å². The van der Waals surface area contributed by atoms with Gasteiger partial charge in [-0.05, 0) is 25.7 Å². The van der Waals surface area contributed by atoms with Gasteiger partial charge in [0.25, 0.3) is 0 Å². The Balaban J connectivity index is 2.60. The SMILES string of the molecule is NCC(=O)NCC(=O)N1CCCC1C(=O)NC(CCCN=C(N)N)C(=O)O. The first-order valence-electron chi connectivity index (χ1n) is 8.61. The van der Waals surface area contributed by atoms with Crippen molar-refractivity contribution < 1.29 is 24.3 Å². The molecule has 1 rings (SSSR count). The molecule has 3 amide bonds. The Morgan fingerprint density at radius 2 is 1.96 bits per heavy atom. The molecule has 1 aliphatic rings. The van der Waals surface area contributed by atoms with Crippen LogP contribution >= 0.6 is 0 Å². The van der Waals surface area contributed by atoms with E-state index in [1.54, 1.807) is 0 Å². The molecule has 0 aromatic heterocycles. The van der Waals surface area contributed by atoms with Gasteiger partial charge < -0.3 is 37.8 Å². The van der Waals surface area contributed by atoms with E-state index in [0.29, 0.717) is 25.8 Å². The predicted octanol–water partition coefficient (Wildman–Crippen LogP) is -3.32. The summed E-state index contributed by atoms with van der Waals surface area (Å²) in [7, 11) is 0. The first kappa shape index (κ1) is 22.2. The van der Waals surface area contributed by atoms with Gasteiger partial charge in [0.1, 0.15) is 12.1 Å². The Labute approximate surface area is 156 Å². The maximum absolute atomic E-state index is 12.5. The third-order valence-corrected chi connectivity index (χ3v) is 4.06. The standard InChI is InChI=1S/C15H27N7O5/c16-7-11(23)20-8-12(24)22-6-2-4-10(22)13(25)21-9(14(26)27)3-1-5-19-15(17)18/h9-10H,1-8,16H2,(H,20,23)(H,21,25)(H,26,27)(H4,17,18,19). The highest BCUT2D eigenvalue weighted by atomic mass is 16.4. The third-order valence-electron chi connectivity index (χ3n) is 4.06. The summed E-state index contributed by atoms with van der Waals surface area (Å²) in [5.74, 6) is -2.71. The molecule has 0 saturated carbocycles. The van der Waals surface area contributed by atoms with Crippen molar-refractivity contribution in [3.05, 3.63) is 0 Å². The number of hydrogen-bond acceptors (Lipinski definition) is 6. The molecule has 12 heteroatoms. The Morgan fingerprint density at radius 3 is 2.56 bits per heavy atom. The van der Waals surface area contributed by atoms with Gasteiger partial charge in [0.05, 0.1) is 13.1 Å². The van der Waals surface area contributed by atoms with Crippen molar-refractivity contribution in [1.29, 1.82) is 0 Å². The highest BCUT2D eigenvalue weighted by Crippen LogP contribution is 2.18. The van der Waals surface area contributed by atoms with E-state index in [4.69, 9.17) is 17.2 Å². The van der Waals surface area contributed by atoms with Crippen molar-refractivity contribution in [3.63, 3.8) is 0 Å². The zero-order valence-electron chi connectivity index (χ0n) is 15.0. The van der Waals surface area contributed by atoms with Crippen molar-refractivity contribution in [2.75, 3.05) is 26.2 Å². The van der Waals surface area contributed by atoms with Crippen molar-refractivity contribution in [3.8, 4) is 0 Å². The third kappa shape index (κ3) is 7.48. The second kappa shape index (κ2) is 11.0. The van der Waals surface area contributed by atoms with Gasteiger partial charge in [-0.2, -0.15) is 0 Å². The van der Waals surface area contributed by atoms with Crippen LogP contribution in [0.4, 0.5) is 0 Å². The molecule has 2 unspecified atom stereocenters. The van der Waals surface area contributed by atoms with Gasteiger partial charge in [-0.15, -0.1) is 0 Å². The van der Waals surface area contributed by atoms with E-state index in [9.17, 15) is 24.3 Å². The normalized spacial score (nSPS) is 17.1. The van der Waals surface area contributed by atoms with Crippen molar-refractivity contribution in [2.24, 2.45) is 22.2 Å². The number of nitrogens with zero attached hydrogens (tertiary/aromatic N) is 2. The van der Waals surface area contributed by atoms with Gasteiger partial charge in [0.2, 0.25) is 17.7 Å². The minimum absolute atomic E-state index is 0.0900. The minimum Gasteiger partial charge on any atom is -0.480 e. The number of guanidine groups is 1. The van der Waals surface area contributed by atoms with Gasteiger partial charge in [-0.25, -0.2) is 4.79 Å². The number of aliphatic carboxylic acids is 1. The maximum atomic E-state index is 12.5. The fourth-order valence-corrected chi connectivity index (χ4v) is 2.71. The van der Waals surface area contributed by atoms with Crippen LogP contribution in [-0.4, -0.2) is 77.9 Å². The molecule has 1 heterocycles. The number of amides is 3. The summed E-state index contributed by atoms with van der Waals surface area (Å²) in [4.78, 5) is 52.3. The van der Waals surface area contributed by atoms with Crippen LogP contribution in [0.5, 0.6) is 0 Å². The molecule has 1 fully saturated rings. The zero-order valence-corrected chi connectivity index (χ0v) is 15.0. The van der Waals surface area contributed by atoms with Crippen LogP contribution in [0.2, 0.25) is 0 Å². The molecular formula is C15H27N7O5. The number of hydrogen-bond donors (Lipinski definition) is 6. The summed E-state index contributed by atoms with van der Waals surface area (Å²) in [6, 6.07) is -1.88. The molecule has 27 heavy (non-hydrogen) atoms. The number of carboxylic acid groups (broad SMARTS) is 1. The summed E-state index contributed by atoms with van der Waals surface area (Å²) < 4.78 is 0. The van der Waals surface area contributed by atoms with E-state index in [1.165, 1.54) is 4.90 Å². The summed E-state index contributed by atoms with van der Waals surface area (Å²) in [5, 5.41) is 14.1. The lowest BCUT2D eigenvalue weighted by Gasteiger charge is -2.25. The largest absolute Gasteiger partial charge is 0.480 e. The molecule has 1 aliphatic heterocycles. The Bertz CT molecular complexity index is 591. The van der Waals surface area contributed by atoms with Gasteiger partial charge in [-0.1, -0.05) is 0 Å². The number of carboxylic acids is 1. The highest BCUT2D eigenvalue weighted by Gasteiger charge is 2.35. The van der Waals surface area contributed by atoms with Crippen molar-refractivity contribution in [2.45, 2.75) is 37.8 Å². The monoisotopic (exact) mass is 385 g/mol. The smallest absolute Gasteiger partial charge is 0.326 e. The molecular weight excluding hydrogens is 358 g/mol. The van der Waals surface area contributed by atoms with Crippen LogP contribution in [0.15, 0.2) is 4.99 Å². The molecule has 0 aromatic carbocycles. The lowest BCUT2D eigenvalue weighted by Crippen LogP contribution is -2.52. The molecule has 9 N–H and O–H groups in total. The first-order valence-corrected chi connectivity index (χ1v) is 8.61. The lowest BCUT2D eigenvalue weighted by molar-refractivity contribution is -0.144. The summed E-state index contributed by atoms with van der Waals surface area (Å²) in [6.07, 6.45) is 1.54. The summed E-state index contributed by atoms with van der Waals surface area (Å²) >= 11 is 0. The topological polar surface area (TPSA) is 206 Å². The summed E-state index contributed by atoms with van der Waals surface area (Å²) in [6.45, 7) is 0.104. The molecule has 12 nitrogen and oxygen atoms in total. The van der Waals surface area contributed by atoms with E-state index in [1.807, 2.05) is 0 Å². The van der Waals surface area contributed by atoms with Crippen LogP contribution in [-0.2, 0) is 19.2 Å². The summed E-state index contributed by atoms with van der Waals surface area (Å²) in [5.41, 5.74) is 15.6. The van der Waals surface area contributed by atoms with Gasteiger partial charge in [0.15, 0.2) is 5.96 Å². The van der Waals surface area contributed by atoms with E-state index >= 15 is 0 Å². The number of nitrogens with two attached hydrogens (primary N) is 3. The Kier molecular flexibility index (Phi) is 8.99. The maximum Gasteiger partial charge on any atom is 0.326 e. The number of carbonyl (C=O) groups excluding carboxylic acids is 3. The molecule has 0 aromatic rings. The van der Waals surface area contributed by atoms with E-state index in [0.717, 1.165) is 0 Å². The van der Waals surface area contributed by atoms with E-state index in [2.05, 4.69) is 15.6 Å². The van der Waals surface area contributed by atoms with E-state index < -0.39 is 35.8 Å². The number of nitrogens with one attached hydrogen (secondary N) is 2. The highest BCUT2D eigenvalue weighted by molar-refractivity contribution is 5.92. The van der Waals surface area contributed by atoms with Crippen molar-refractivity contribution >= 4 is 29.7 Å². The molecule has 0 spiro atoms. The lowest BCUT2D eigenvalue weighted by atomic mass is 10.1. The van der Waals surface area contributed by atoms with Crippen LogP contribution in [0, 0.1) is 0 Å². The molecule has 0 bridgehead atoms. The Morgan fingerprint density at radius 1 is 1.26 bits per heavy atom. The predicted molar refractivity (Wildman–Crippen MR) is 96.3 cm³/mol. The van der Waals surface area contributed by atoms with Crippen LogP contribution in [0.25, 0.3) is 0 Å². The van der Waals surface area contributed by atoms with Gasteiger partial charge in [0, 0.05) is 13.1 Å². The van der Waals surface area contributed by atoms with Gasteiger partial charge >= 0.3 is 5.97 Å². The minimum atomic E-state index is -1.18. The Hall–Kier alpha value is -2.89. The molecule has 152 valence electrons. The second-order valence-corrected chi connectivity index (χ2v) is 6.07. The van der Waals surface area contributed by atoms with Crippen LogP contribution in [0.3, 0.4) is 0 Å². The molecule has 0 aliphatic carbocycles. The van der Waals surface area contributed by atoms with Crippen molar-refractivity contribution in [1.82, 2.24) is 15.5 Å².